The van der Waals surface area contributed by atoms with Crippen LogP contribution in [0.4, 0.5) is 0 Å². The summed E-state index contributed by atoms with van der Waals surface area (Å²) in [5.74, 6) is 2.56. The maximum atomic E-state index is 6.08. The van der Waals surface area contributed by atoms with E-state index in [2.05, 4.69) is 46.9 Å². The number of nitrogens with zero attached hydrogens (tertiary/aromatic N) is 2. The van der Waals surface area contributed by atoms with Gasteiger partial charge in [0, 0.05) is 11.3 Å². The van der Waals surface area contributed by atoms with Crippen LogP contribution < -0.4 is 9.47 Å². The number of imidazole rings is 1. The summed E-state index contributed by atoms with van der Waals surface area (Å²) in [6, 6.07) is 18.5. The molecule has 2 heterocycles. The molecule has 4 nitrogen and oxygen atoms in total. The van der Waals surface area contributed by atoms with Crippen LogP contribution in [0.1, 0.15) is 16.3 Å². The number of thiophene rings is 1. The number of allylic oxidation sites excluding steroid dienone is 1. The Morgan fingerprint density at radius 1 is 1.10 bits per heavy atom. The largest absolute Gasteiger partial charge is 0.493 e. The average Bonchev–Trinajstić information content (AvgIpc) is 3.37. The summed E-state index contributed by atoms with van der Waals surface area (Å²) in [5, 5.41) is 2.10. The van der Waals surface area contributed by atoms with Gasteiger partial charge in [0.05, 0.1) is 24.7 Å². The summed E-state index contributed by atoms with van der Waals surface area (Å²) < 4.78 is 13.8. The van der Waals surface area contributed by atoms with E-state index in [9.17, 15) is 0 Å². The van der Waals surface area contributed by atoms with Crippen LogP contribution in [0.3, 0.4) is 0 Å². The number of aromatic nitrogens is 2. The minimum Gasteiger partial charge on any atom is -0.493 e. The third-order valence-corrected chi connectivity index (χ3v) is 5.70. The quantitative estimate of drug-likeness (QED) is 0.345. The van der Waals surface area contributed by atoms with Crippen LogP contribution in [0.2, 0.25) is 0 Å². The van der Waals surface area contributed by atoms with Crippen LogP contribution in [-0.2, 0) is 19.4 Å². The van der Waals surface area contributed by atoms with Crippen molar-refractivity contribution in [3.05, 3.63) is 88.9 Å². The van der Waals surface area contributed by atoms with Gasteiger partial charge in [0.15, 0.2) is 11.5 Å². The standard InChI is InChI=1S/C24H24N2O2S/c1-3-7-18-11-12-22(23(16-18)27-2)28-14-13-26-21-10-5-4-9-20(21)25-24(26)17-19-8-6-15-29-19/h3-6,8-12,15-16H,1,7,13-14,17H2,2H3. The van der Waals surface area contributed by atoms with E-state index in [0.717, 1.165) is 53.3 Å². The lowest BCUT2D eigenvalue weighted by atomic mass is 10.1. The Kier molecular flexibility index (Phi) is 5.96. The monoisotopic (exact) mass is 404 g/mol. The van der Waals surface area contributed by atoms with Gasteiger partial charge in [-0.25, -0.2) is 4.98 Å². The summed E-state index contributed by atoms with van der Waals surface area (Å²) in [4.78, 5) is 6.17. The van der Waals surface area contributed by atoms with Crippen LogP contribution >= 0.6 is 11.3 Å². The first-order valence-electron chi connectivity index (χ1n) is 9.65. The Labute approximate surface area is 175 Å². The Hall–Kier alpha value is -3.05. The molecule has 2 aromatic heterocycles. The Morgan fingerprint density at radius 2 is 2.00 bits per heavy atom. The molecular formula is C24H24N2O2S. The Morgan fingerprint density at radius 3 is 2.79 bits per heavy atom. The van der Waals surface area contributed by atoms with Crippen molar-refractivity contribution in [1.29, 1.82) is 0 Å². The first-order chi connectivity index (χ1) is 14.3. The molecule has 0 spiro atoms. The van der Waals surface area contributed by atoms with Crippen molar-refractivity contribution in [2.75, 3.05) is 13.7 Å². The fourth-order valence-electron chi connectivity index (χ4n) is 3.45. The van der Waals surface area contributed by atoms with E-state index in [1.807, 2.05) is 30.3 Å². The molecule has 0 atom stereocenters. The van der Waals surface area contributed by atoms with Crippen LogP contribution in [0.15, 0.2) is 72.6 Å². The van der Waals surface area contributed by atoms with Gasteiger partial charge in [0.2, 0.25) is 0 Å². The number of methoxy groups -OCH3 is 1. The van der Waals surface area contributed by atoms with Crippen LogP contribution in [0.25, 0.3) is 11.0 Å². The number of rotatable bonds is 9. The molecule has 2 aromatic carbocycles. The van der Waals surface area contributed by atoms with Crippen molar-refractivity contribution in [2.45, 2.75) is 19.4 Å². The second kappa shape index (κ2) is 8.97. The lowest BCUT2D eigenvalue weighted by Crippen LogP contribution is -2.12. The number of para-hydroxylation sites is 2. The Bertz CT molecular complexity index is 1100. The average molecular weight is 405 g/mol. The summed E-state index contributed by atoms with van der Waals surface area (Å²) in [7, 11) is 1.67. The molecule has 0 aliphatic heterocycles. The van der Waals surface area contributed by atoms with E-state index in [-0.39, 0.29) is 0 Å². The van der Waals surface area contributed by atoms with E-state index in [1.165, 1.54) is 4.88 Å². The minimum absolute atomic E-state index is 0.537. The maximum absolute atomic E-state index is 6.08. The molecule has 0 bridgehead atoms. The SMILES string of the molecule is C=CCc1ccc(OCCn2c(Cc3cccs3)nc3ccccc32)c(OC)c1. The van der Waals surface area contributed by atoms with Crippen molar-refractivity contribution in [3.8, 4) is 11.5 Å². The van der Waals surface area contributed by atoms with E-state index < -0.39 is 0 Å². The van der Waals surface area contributed by atoms with E-state index in [4.69, 9.17) is 14.5 Å². The summed E-state index contributed by atoms with van der Waals surface area (Å²) in [6.45, 7) is 5.05. The zero-order valence-corrected chi connectivity index (χ0v) is 17.3. The van der Waals surface area contributed by atoms with E-state index >= 15 is 0 Å². The number of ether oxygens (including phenoxy) is 2. The van der Waals surface area contributed by atoms with Gasteiger partial charge in [0.1, 0.15) is 12.4 Å². The highest BCUT2D eigenvalue weighted by Crippen LogP contribution is 2.28. The second-order valence-electron chi connectivity index (χ2n) is 6.75. The molecule has 0 aliphatic carbocycles. The van der Waals surface area contributed by atoms with E-state index in [0.29, 0.717) is 6.61 Å². The van der Waals surface area contributed by atoms with Crippen molar-refractivity contribution in [2.24, 2.45) is 0 Å². The third-order valence-electron chi connectivity index (χ3n) is 4.83. The van der Waals surface area contributed by atoms with Crippen LogP contribution in [-0.4, -0.2) is 23.3 Å². The highest BCUT2D eigenvalue weighted by Gasteiger charge is 2.12. The Balaban J connectivity index is 1.53. The molecule has 4 aromatic rings. The highest BCUT2D eigenvalue weighted by atomic mass is 32.1. The van der Waals surface area contributed by atoms with Gasteiger partial charge in [-0.2, -0.15) is 0 Å². The van der Waals surface area contributed by atoms with Gasteiger partial charge in [-0.3, -0.25) is 0 Å². The molecule has 0 unspecified atom stereocenters. The number of hydrogen-bond donors (Lipinski definition) is 0. The lowest BCUT2D eigenvalue weighted by Gasteiger charge is -2.13. The summed E-state index contributed by atoms with van der Waals surface area (Å²) in [6.07, 6.45) is 3.52. The molecule has 0 saturated carbocycles. The fraction of sp³-hybridized carbons (Fsp3) is 0.208. The molecule has 0 radical (unpaired) electrons. The van der Waals surface area contributed by atoms with Gasteiger partial charge >= 0.3 is 0 Å². The van der Waals surface area contributed by atoms with Gasteiger partial charge in [-0.1, -0.05) is 30.3 Å². The van der Waals surface area contributed by atoms with Crippen molar-refractivity contribution in [1.82, 2.24) is 9.55 Å². The number of benzene rings is 2. The first-order valence-corrected chi connectivity index (χ1v) is 10.5. The topological polar surface area (TPSA) is 36.3 Å². The molecule has 148 valence electrons. The van der Waals surface area contributed by atoms with Gasteiger partial charge < -0.3 is 14.0 Å². The van der Waals surface area contributed by atoms with Crippen molar-refractivity contribution >= 4 is 22.4 Å². The maximum Gasteiger partial charge on any atom is 0.161 e. The zero-order chi connectivity index (χ0) is 20.1. The highest BCUT2D eigenvalue weighted by molar-refractivity contribution is 7.09. The van der Waals surface area contributed by atoms with Crippen LogP contribution in [0.5, 0.6) is 11.5 Å². The van der Waals surface area contributed by atoms with Gasteiger partial charge in [0.25, 0.3) is 0 Å². The summed E-state index contributed by atoms with van der Waals surface area (Å²) >= 11 is 1.76. The molecule has 0 aliphatic rings. The third kappa shape index (κ3) is 4.35. The summed E-state index contributed by atoms with van der Waals surface area (Å²) in [5.41, 5.74) is 3.31. The predicted molar refractivity (Wildman–Crippen MR) is 119 cm³/mol. The minimum atomic E-state index is 0.537. The van der Waals surface area contributed by atoms with E-state index in [1.54, 1.807) is 18.4 Å². The predicted octanol–water partition coefficient (Wildman–Crippen LogP) is 5.50. The molecule has 0 amide bonds. The molecule has 4 rings (SSSR count). The first kappa shape index (κ1) is 19.3. The molecular weight excluding hydrogens is 380 g/mol. The van der Waals surface area contributed by atoms with Crippen LogP contribution in [0, 0.1) is 0 Å². The van der Waals surface area contributed by atoms with Gasteiger partial charge in [-0.15, -0.1) is 17.9 Å². The number of fused-ring (bicyclic) bond motifs is 1. The zero-order valence-electron chi connectivity index (χ0n) is 16.5. The fourth-order valence-corrected chi connectivity index (χ4v) is 4.15. The number of hydrogen-bond acceptors (Lipinski definition) is 4. The smallest absolute Gasteiger partial charge is 0.161 e. The molecule has 5 heteroatoms. The second-order valence-corrected chi connectivity index (χ2v) is 7.78. The van der Waals surface area contributed by atoms with Crippen molar-refractivity contribution in [3.63, 3.8) is 0 Å². The molecule has 0 saturated heterocycles. The molecule has 29 heavy (non-hydrogen) atoms. The lowest BCUT2D eigenvalue weighted by molar-refractivity contribution is 0.280. The van der Waals surface area contributed by atoms with Gasteiger partial charge in [-0.05, 0) is 47.7 Å². The van der Waals surface area contributed by atoms with Crippen molar-refractivity contribution < 1.29 is 9.47 Å². The molecule has 0 N–H and O–H groups in total. The molecule has 0 fully saturated rings. The normalized spacial score (nSPS) is 10.9.